The van der Waals surface area contributed by atoms with Crippen molar-refractivity contribution in [2.24, 2.45) is 0 Å². The summed E-state index contributed by atoms with van der Waals surface area (Å²) in [6.45, 7) is -0.185. The zero-order chi connectivity index (χ0) is 17.5. The molecule has 0 spiro atoms. The van der Waals surface area contributed by atoms with Crippen LogP contribution in [0.3, 0.4) is 0 Å². The summed E-state index contributed by atoms with van der Waals surface area (Å²) in [6, 6.07) is 8.15. The van der Waals surface area contributed by atoms with E-state index in [2.05, 4.69) is 10.3 Å². The van der Waals surface area contributed by atoms with E-state index >= 15 is 0 Å². The Hall–Kier alpha value is -1.95. The van der Waals surface area contributed by atoms with Gasteiger partial charge in [-0.3, -0.25) is 9.59 Å². The maximum Gasteiger partial charge on any atom is 0.306 e. The molecule has 3 rings (SSSR count). The van der Waals surface area contributed by atoms with Crippen LogP contribution in [0.25, 0.3) is 10.2 Å². The molecule has 0 unspecified atom stereocenters. The number of thiazole rings is 1. The van der Waals surface area contributed by atoms with Gasteiger partial charge in [-0.25, -0.2) is 4.98 Å². The number of aromatic nitrogens is 1. The molecule has 1 aliphatic carbocycles. The summed E-state index contributed by atoms with van der Waals surface area (Å²) in [5.74, 6) is -0.546. The smallest absolute Gasteiger partial charge is 0.306 e. The van der Waals surface area contributed by atoms with E-state index in [0.717, 1.165) is 40.9 Å². The summed E-state index contributed by atoms with van der Waals surface area (Å²) in [4.78, 5) is 28.3. The minimum atomic E-state index is -0.352. The lowest BCUT2D eigenvalue weighted by Gasteiger charge is -2.16. The van der Waals surface area contributed by atoms with Gasteiger partial charge in [-0.15, -0.1) is 11.3 Å². The van der Waals surface area contributed by atoms with E-state index in [4.69, 9.17) is 4.74 Å². The largest absolute Gasteiger partial charge is 0.456 e. The highest BCUT2D eigenvalue weighted by atomic mass is 32.1. The number of ether oxygens (including phenoxy) is 1. The van der Waals surface area contributed by atoms with Crippen LogP contribution < -0.4 is 5.32 Å². The first kappa shape index (κ1) is 17.9. The van der Waals surface area contributed by atoms with Crippen LogP contribution in [0.1, 0.15) is 50.0 Å². The molecule has 1 N–H and O–H groups in total. The Morgan fingerprint density at radius 3 is 2.68 bits per heavy atom. The third-order valence-electron chi connectivity index (χ3n) is 4.47. The van der Waals surface area contributed by atoms with Gasteiger partial charge < -0.3 is 10.1 Å². The highest BCUT2D eigenvalue weighted by Gasteiger charge is 2.16. The molecular weight excluding hydrogens is 336 g/mol. The van der Waals surface area contributed by atoms with E-state index in [1.54, 1.807) is 11.3 Å². The highest BCUT2D eigenvalue weighted by molar-refractivity contribution is 7.18. The second-order valence-corrected chi connectivity index (χ2v) is 7.61. The SMILES string of the molecule is O=C(COC(=O)CCc1nc2ccccc2s1)NC1CCCCCC1. The number of para-hydroxylation sites is 1. The summed E-state index contributed by atoms with van der Waals surface area (Å²) in [5, 5.41) is 3.90. The van der Waals surface area contributed by atoms with E-state index in [1.165, 1.54) is 12.8 Å². The molecule has 0 bridgehead atoms. The van der Waals surface area contributed by atoms with Crippen LogP contribution in [-0.4, -0.2) is 29.5 Å². The van der Waals surface area contributed by atoms with Crippen LogP contribution in [0.2, 0.25) is 0 Å². The lowest BCUT2D eigenvalue weighted by Crippen LogP contribution is -2.37. The van der Waals surface area contributed by atoms with E-state index in [-0.39, 0.29) is 30.9 Å². The van der Waals surface area contributed by atoms with Crippen molar-refractivity contribution in [2.75, 3.05) is 6.61 Å². The van der Waals surface area contributed by atoms with Crippen LogP contribution in [0.5, 0.6) is 0 Å². The summed E-state index contributed by atoms with van der Waals surface area (Å²) < 4.78 is 6.22. The van der Waals surface area contributed by atoms with Gasteiger partial charge in [-0.1, -0.05) is 37.8 Å². The fourth-order valence-electron chi connectivity index (χ4n) is 3.15. The minimum Gasteiger partial charge on any atom is -0.456 e. The first-order valence-electron chi connectivity index (χ1n) is 9.00. The van der Waals surface area contributed by atoms with Crippen LogP contribution >= 0.6 is 11.3 Å². The fraction of sp³-hybridized carbons (Fsp3) is 0.526. The molecule has 25 heavy (non-hydrogen) atoms. The molecule has 0 atom stereocenters. The first-order chi connectivity index (χ1) is 12.2. The average molecular weight is 360 g/mol. The number of aryl methyl sites for hydroxylation is 1. The van der Waals surface area contributed by atoms with Crippen molar-refractivity contribution >= 4 is 33.4 Å². The Labute approximate surface area is 151 Å². The third-order valence-corrected chi connectivity index (χ3v) is 5.56. The molecule has 0 aliphatic heterocycles. The van der Waals surface area contributed by atoms with Crippen LogP contribution in [0.4, 0.5) is 0 Å². The zero-order valence-corrected chi connectivity index (χ0v) is 15.1. The number of fused-ring (bicyclic) bond motifs is 1. The Bertz CT molecular complexity index is 687. The molecule has 1 saturated carbocycles. The highest BCUT2D eigenvalue weighted by Crippen LogP contribution is 2.22. The molecule has 1 aliphatic rings. The van der Waals surface area contributed by atoms with E-state index in [0.29, 0.717) is 6.42 Å². The molecule has 134 valence electrons. The van der Waals surface area contributed by atoms with Crippen molar-refractivity contribution in [2.45, 2.75) is 57.4 Å². The summed E-state index contributed by atoms with van der Waals surface area (Å²) in [6.07, 6.45) is 7.65. The van der Waals surface area contributed by atoms with Crippen molar-refractivity contribution in [1.29, 1.82) is 0 Å². The van der Waals surface area contributed by atoms with Crippen LogP contribution in [-0.2, 0) is 20.7 Å². The Morgan fingerprint density at radius 2 is 1.92 bits per heavy atom. The van der Waals surface area contributed by atoms with Gasteiger partial charge in [-0.05, 0) is 25.0 Å². The third kappa shape index (κ3) is 5.53. The molecule has 6 heteroatoms. The monoisotopic (exact) mass is 360 g/mol. The van der Waals surface area contributed by atoms with Crippen LogP contribution in [0, 0.1) is 0 Å². The molecule has 1 fully saturated rings. The quantitative estimate of drug-likeness (QED) is 0.631. The van der Waals surface area contributed by atoms with Gasteiger partial charge in [0, 0.05) is 12.5 Å². The number of esters is 1. The van der Waals surface area contributed by atoms with E-state index in [1.807, 2.05) is 24.3 Å². The number of nitrogens with one attached hydrogen (secondary N) is 1. The van der Waals surface area contributed by atoms with Crippen molar-refractivity contribution in [3.05, 3.63) is 29.3 Å². The van der Waals surface area contributed by atoms with Gasteiger partial charge in [0.1, 0.15) is 0 Å². The maximum atomic E-state index is 11.9. The normalized spacial score (nSPS) is 15.7. The number of nitrogens with zero attached hydrogens (tertiary/aromatic N) is 1. The number of benzene rings is 1. The van der Waals surface area contributed by atoms with Gasteiger partial charge in [-0.2, -0.15) is 0 Å². The first-order valence-corrected chi connectivity index (χ1v) is 9.82. The van der Waals surface area contributed by atoms with Gasteiger partial charge >= 0.3 is 5.97 Å². The number of rotatable bonds is 6. The molecule has 1 aromatic heterocycles. The Morgan fingerprint density at radius 1 is 1.16 bits per heavy atom. The van der Waals surface area contributed by atoms with E-state index in [9.17, 15) is 9.59 Å². The van der Waals surface area contributed by atoms with E-state index < -0.39 is 0 Å². The molecule has 1 amide bonds. The van der Waals surface area contributed by atoms with Gasteiger partial charge in [0.15, 0.2) is 6.61 Å². The number of amides is 1. The predicted octanol–water partition coefficient (Wildman–Crippen LogP) is 3.61. The number of carbonyl (C=O) groups excluding carboxylic acids is 2. The summed E-state index contributed by atoms with van der Waals surface area (Å²) in [7, 11) is 0. The molecular formula is C19H24N2O3S. The predicted molar refractivity (Wildman–Crippen MR) is 98.5 cm³/mol. The van der Waals surface area contributed by atoms with Crippen molar-refractivity contribution in [1.82, 2.24) is 10.3 Å². The van der Waals surface area contributed by atoms with Crippen molar-refractivity contribution < 1.29 is 14.3 Å². The number of hydrogen-bond acceptors (Lipinski definition) is 5. The Kier molecular flexibility index (Phi) is 6.39. The molecule has 1 heterocycles. The molecule has 5 nitrogen and oxygen atoms in total. The van der Waals surface area contributed by atoms with Crippen molar-refractivity contribution in [3.63, 3.8) is 0 Å². The average Bonchev–Trinajstić information content (AvgIpc) is 2.86. The standard InChI is InChI=1S/C19H24N2O3S/c22-17(20-14-7-3-1-2-4-8-14)13-24-19(23)12-11-18-21-15-9-5-6-10-16(15)25-18/h5-6,9-10,14H,1-4,7-8,11-13H2,(H,20,22). The van der Waals surface area contributed by atoms with Gasteiger partial charge in [0.05, 0.1) is 21.6 Å². The van der Waals surface area contributed by atoms with Crippen LogP contribution in [0.15, 0.2) is 24.3 Å². The second kappa shape index (κ2) is 8.94. The van der Waals surface area contributed by atoms with Gasteiger partial charge in [0.2, 0.25) is 0 Å². The topological polar surface area (TPSA) is 68.3 Å². The lowest BCUT2D eigenvalue weighted by atomic mass is 10.1. The summed E-state index contributed by atoms with van der Waals surface area (Å²) in [5.41, 5.74) is 0.957. The lowest BCUT2D eigenvalue weighted by molar-refractivity contribution is -0.148. The molecule has 2 aromatic rings. The van der Waals surface area contributed by atoms with Gasteiger partial charge in [0.25, 0.3) is 5.91 Å². The fourth-order valence-corrected chi connectivity index (χ4v) is 4.11. The van der Waals surface area contributed by atoms with Crippen molar-refractivity contribution in [3.8, 4) is 0 Å². The Balaban J connectivity index is 1.37. The maximum absolute atomic E-state index is 11.9. The number of carbonyl (C=O) groups is 2. The minimum absolute atomic E-state index is 0.185. The number of hydrogen-bond donors (Lipinski definition) is 1. The zero-order valence-electron chi connectivity index (χ0n) is 14.3. The molecule has 0 saturated heterocycles. The summed E-state index contributed by atoms with van der Waals surface area (Å²) >= 11 is 1.59. The molecule has 0 radical (unpaired) electrons. The second-order valence-electron chi connectivity index (χ2n) is 6.49. The molecule has 1 aromatic carbocycles.